The number of aromatic nitrogens is 3. The summed E-state index contributed by atoms with van der Waals surface area (Å²) in [5.74, 6) is 0. The number of nitrogens with one attached hydrogen (secondary N) is 2. The number of hydrogen-bond acceptors (Lipinski definition) is 2. The molecule has 0 radical (unpaired) electrons. The Bertz CT molecular complexity index is 964. The van der Waals surface area contributed by atoms with Crippen molar-refractivity contribution in [3.63, 3.8) is 0 Å². The molecule has 0 bridgehead atoms. The van der Waals surface area contributed by atoms with Crippen LogP contribution in [0, 0.1) is 0 Å². The molecule has 0 fully saturated rings. The number of rotatable bonds is 4. The van der Waals surface area contributed by atoms with Crippen LogP contribution >= 0.6 is 0 Å². The summed E-state index contributed by atoms with van der Waals surface area (Å²) in [5.41, 5.74) is 6.21. The Balaban J connectivity index is 1.99. The number of fused-ring (bicyclic) bond motifs is 3. The van der Waals surface area contributed by atoms with Crippen LogP contribution in [0.4, 0.5) is 0 Å². The Morgan fingerprint density at radius 1 is 1.04 bits per heavy atom. The zero-order chi connectivity index (χ0) is 15.8. The van der Waals surface area contributed by atoms with Crippen LogP contribution in [-0.2, 0) is 13.1 Å². The average molecular weight is 304 g/mol. The maximum Gasteiger partial charge on any atom is 0.0565 e. The Hall–Kier alpha value is -2.59. The van der Waals surface area contributed by atoms with Gasteiger partial charge in [0.1, 0.15) is 0 Å². The van der Waals surface area contributed by atoms with Gasteiger partial charge in [0, 0.05) is 46.7 Å². The zero-order valence-electron chi connectivity index (χ0n) is 13.4. The lowest BCUT2D eigenvalue weighted by Crippen LogP contribution is -2.04. The van der Waals surface area contributed by atoms with Crippen molar-refractivity contribution in [1.82, 2.24) is 20.1 Å². The first-order valence-corrected chi connectivity index (χ1v) is 8.00. The summed E-state index contributed by atoms with van der Waals surface area (Å²) in [6.07, 6.45) is 3.80. The van der Waals surface area contributed by atoms with Crippen LogP contribution in [0.2, 0.25) is 0 Å². The minimum absolute atomic E-state index is 0.891. The third-order valence-corrected chi connectivity index (χ3v) is 4.46. The molecule has 0 aliphatic carbocycles. The monoisotopic (exact) mass is 304 g/mol. The molecule has 4 rings (SSSR count). The highest BCUT2D eigenvalue weighted by atomic mass is 15.1. The maximum atomic E-state index is 4.06. The van der Waals surface area contributed by atoms with Gasteiger partial charge >= 0.3 is 0 Å². The van der Waals surface area contributed by atoms with E-state index in [1.54, 1.807) is 0 Å². The smallest absolute Gasteiger partial charge is 0.0565 e. The van der Waals surface area contributed by atoms with E-state index in [1.165, 1.54) is 32.9 Å². The molecule has 0 atom stereocenters. The molecule has 2 aromatic heterocycles. The molecule has 0 aliphatic rings. The van der Waals surface area contributed by atoms with Gasteiger partial charge in [-0.15, -0.1) is 0 Å². The van der Waals surface area contributed by atoms with Crippen molar-refractivity contribution in [1.29, 1.82) is 0 Å². The van der Waals surface area contributed by atoms with E-state index < -0.39 is 0 Å². The van der Waals surface area contributed by atoms with Gasteiger partial charge in [-0.25, -0.2) is 0 Å². The van der Waals surface area contributed by atoms with E-state index in [9.17, 15) is 0 Å². The van der Waals surface area contributed by atoms with Crippen molar-refractivity contribution >= 4 is 21.8 Å². The van der Waals surface area contributed by atoms with Gasteiger partial charge in [-0.3, -0.25) is 5.10 Å². The number of aromatic amines is 1. The van der Waals surface area contributed by atoms with Gasteiger partial charge in [0.25, 0.3) is 0 Å². The van der Waals surface area contributed by atoms with Crippen LogP contribution in [0.15, 0.2) is 48.8 Å². The molecule has 4 aromatic rings. The third-order valence-electron chi connectivity index (χ3n) is 4.46. The van der Waals surface area contributed by atoms with Crippen LogP contribution in [0.1, 0.15) is 12.5 Å². The summed E-state index contributed by atoms with van der Waals surface area (Å²) in [6.45, 7) is 4.05. The standard InChI is InChI=1S/C19H20N4/c1-3-23-18-7-4-13(10-20-2)8-17(18)16-6-5-14(9-19(16)23)15-11-21-22-12-15/h4-9,11-12,20H,3,10H2,1-2H3,(H,21,22). The first kappa shape index (κ1) is 14.0. The highest BCUT2D eigenvalue weighted by molar-refractivity contribution is 6.09. The second-order valence-corrected chi connectivity index (χ2v) is 5.84. The fourth-order valence-electron chi connectivity index (χ4n) is 3.39. The molecule has 23 heavy (non-hydrogen) atoms. The molecule has 2 heterocycles. The Labute approximate surface area is 135 Å². The Kier molecular flexibility index (Phi) is 3.39. The largest absolute Gasteiger partial charge is 0.341 e. The van der Waals surface area contributed by atoms with Crippen molar-refractivity contribution in [3.05, 3.63) is 54.4 Å². The van der Waals surface area contributed by atoms with E-state index >= 15 is 0 Å². The Morgan fingerprint density at radius 2 is 1.96 bits per heavy atom. The van der Waals surface area contributed by atoms with Gasteiger partial charge in [0.05, 0.1) is 6.20 Å². The van der Waals surface area contributed by atoms with E-state index in [-0.39, 0.29) is 0 Å². The molecule has 0 spiro atoms. The maximum absolute atomic E-state index is 4.06. The molecular formula is C19H20N4. The molecule has 116 valence electrons. The van der Waals surface area contributed by atoms with E-state index in [1.807, 2.05) is 19.4 Å². The molecule has 4 heteroatoms. The first-order valence-electron chi connectivity index (χ1n) is 8.00. The van der Waals surface area contributed by atoms with Gasteiger partial charge in [-0.05, 0) is 43.3 Å². The quantitative estimate of drug-likeness (QED) is 0.600. The number of nitrogens with zero attached hydrogens (tertiary/aromatic N) is 2. The lowest BCUT2D eigenvalue weighted by molar-refractivity contribution is 0.815. The predicted molar refractivity (Wildman–Crippen MR) is 95.5 cm³/mol. The van der Waals surface area contributed by atoms with Gasteiger partial charge in [0.15, 0.2) is 0 Å². The van der Waals surface area contributed by atoms with Crippen LogP contribution < -0.4 is 5.32 Å². The van der Waals surface area contributed by atoms with E-state index in [0.29, 0.717) is 0 Å². The molecule has 2 aromatic carbocycles. The second kappa shape index (κ2) is 5.56. The number of hydrogen-bond donors (Lipinski definition) is 2. The van der Waals surface area contributed by atoms with E-state index in [2.05, 4.69) is 63.4 Å². The molecule has 0 saturated carbocycles. The van der Waals surface area contributed by atoms with Crippen LogP contribution in [-0.4, -0.2) is 21.8 Å². The summed E-state index contributed by atoms with van der Waals surface area (Å²) in [6, 6.07) is 13.4. The minimum Gasteiger partial charge on any atom is -0.341 e. The van der Waals surface area contributed by atoms with Crippen LogP contribution in [0.3, 0.4) is 0 Å². The number of H-pyrrole nitrogens is 1. The van der Waals surface area contributed by atoms with Crippen molar-refractivity contribution in [2.75, 3.05) is 7.05 Å². The SMILES string of the molecule is CCn1c2ccc(CNC)cc2c2ccc(-c3cn[nH]c3)cc21. The summed E-state index contributed by atoms with van der Waals surface area (Å²) in [4.78, 5) is 0. The van der Waals surface area contributed by atoms with Gasteiger partial charge in [0.2, 0.25) is 0 Å². The molecule has 0 unspecified atom stereocenters. The summed E-state index contributed by atoms with van der Waals surface area (Å²) < 4.78 is 2.39. The van der Waals surface area contributed by atoms with E-state index in [4.69, 9.17) is 0 Å². The van der Waals surface area contributed by atoms with Gasteiger partial charge < -0.3 is 9.88 Å². The Morgan fingerprint density at radius 3 is 2.70 bits per heavy atom. The van der Waals surface area contributed by atoms with Gasteiger partial charge in [-0.1, -0.05) is 18.2 Å². The number of aryl methyl sites for hydroxylation is 1. The highest BCUT2D eigenvalue weighted by Gasteiger charge is 2.11. The van der Waals surface area contributed by atoms with Crippen molar-refractivity contribution in [2.24, 2.45) is 0 Å². The topological polar surface area (TPSA) is 45.6 Å². The molecule has 0 aliphatic heterocycles. The summed E-state index contributed by atoms with van der Waals surface area (Å²) >= 11 is 0. The summed E-state index contributed by atoms with van der Waals surface area (Å²) in [5, 5.41) is 12.8. The van der Waals surface area contributed by atoms with Crippen molar-refractivity contribution in [2.45, 2.75) is 20.0 Å². The lowest BCUT2D eigenvalue weighted by Gasteiger charge is -2.05. The molecule has 2 N–H and O–H groups in total. The van der Waals surface area contributed by atoms with Crippen molar-refractivity contribution < 1.29 is 0 Å². The fourth-order valence-corrected chi connectivity index (χ4v) is 3.39. The molecular weight excluding hydrogens is 284 g/mol. The second-order valence-electron chi connectivity index (χ2n) is 5.84. The minimum atomic E-state index is 0.891. The average Bonchev–Trinajstić information content (AvgIpc) is 3.20. The molecule has 4 nitrogen and oxygen atoms in total. The lowest BCUT2D eigenvalue weighted by atomic mass is 10.1. The highest BCUT2D eigenvalue weighted by Crippen LogP contribution is 2.32. The summed E-state index contributed by atoms with van der Waals surface area (Å²) in [7, 11) is 1.98. The van der Waals surface area contributed by atoms with Gasteiger partial charge in [-0.2, -0.15) is 5.10 Å². The molecule has 0 saturated heterocycles. The predicted octanol–water partition coefficient (Wildman–Crippen LogP) is 3.92. The third kappa shape index (κ3) is 2.23. The van der Waals surface area contributed by atoms with E-state index in [0.717, 1.165) is 18.7 Å². The van der Waals surface area contributed by atoms with Crippen LogP contribution in [0.5, 0.6) is 0 Å². The number of benzene rings is 2. The van der Waals surface area contributed by atoms with Crippen molar-refractivity contribution in [3.8, 4) is 11.1 Å². The normalized spacial score (nSPS) is 11.6. The zero-order valence-corrected chi connectivity index (χ0v) is 13.4. The first-order chi connectivity index (χ1) is 11.3. The van der Waals surface area contributed by atoms with Crippen LogP contribution in [0.25, 0.3) is 32.9 Å². The molecule has 0 amide bonds. The fraction of sp³-hybridized carbons (Fsp3) is 0.211.